The summed E-state index contributed by atoms with van der Waals surface area (Å²) in [6.45, 7) is 3.78. The van der Waals surface area contributed by atoms with Crippen molar-refractivity contribution in [1.82, 2.24) is 19.4 Å². The predicted octanol–water partition coefficient (Wildman–Crippen LogP) is 3.15. The number of hydrogen-bond acceptors (Lipinski definition) is 6. The molecule has 0 bridgehead atoms. The number of nitrogens with one attached hydrogen (secondary N) is 1. The zero-order chi connectivity index (χ0) is 19.5. The van der Waals surface area contributed by atoms with Gasteiger partial charge in [-0.1, -0.05) is 23.9 Å². The molecule has 3 aromatic rings. The van der Waals surface area contributed by atoms with Crippen LogP contribution >= 0.6 is 23.1 Å². The number of likely N-dealkylation sites (tertiary alicyclic amines) is 1. The maximum absolute atomic E-state index is 12.7. The third-order valence-corrected chi connectivity index (χ3v) is 6.42. The third kappa shape index (κ3) is 4.20. The fourth-order valence-electron chi connectivity index (χ4n) is 3.22. The molecule has 28 heavy (non-hydrogen) atoms. The molecule has 1 aromatic carbocycles. The van der Waals surface area contributed by atoms with Crippen LogP contribution in [0.2, 0.25) is 0 Å². The van der Waals surface area contributed by atoms with Gasteiger partial charge in [-0.2, -0.15) is 0 Å². The van der Waals surface area contributed by atoms with E-state index >= 15 is 0 Å². The van der Waals surface area contributed by atoms with Crippen molar-refractivity contribution in [3.05, 3.63) is 35.3 Å². The first-order valence-electron chi connectivity index (χ1n) is 9.18. The topological polar surface area (TPSA) is 80.1 Å². The van der Waals surface area contributed by atoms with Gasteiger partial charge in [0.1, 0.15) is 6.54 Å². The fourth-order valence-corrected chi connectivity index (χ4v) is 4.73. The Morgan fingerprint density at radius 3 is 2.75 bits per heavy atom. The van der Waals surface area contributed by atoms with E-state index in [0.717, 1.165) is 42.7 Å². The van der Waals surface area contributed by atoms with Crippen molar-refractivity contribution in [1.29, 1.82) is 0 Å². The van der Waals surface area contributed by atoms with Gasteiger partial charge in [0, 0.05) is 18.5 Å². The summed E-state index contributed by atoms with van der Waals surface area (Å²) in [7, 11) is 0. The Labute approximate surface area is 171 Å². The number of para-hydroxylation sites is 2. The van der Waals surface area contributed by atoms with E-state index in [9.17, 15) is 9.59 Å². The Kier molecular flexibility index (Phi) is 5.63. The minimum atomic E-state index is -0.135. The lowest BCUT2D eigenvalue weighted by Crippen LogP contribution is -2.31. The number of rotatable bonds is 6. The molecule has 1 aliphatic heterocycles. The number of carbonyl (C=O) groups is 2. The van der Waals surface area contributed by atoms with Crippen LogP contribution in [0.4, 0.5) is 5.13 Å². The van der Waals surface area contributed by atoms with E-state index in [-0.39, 0.29) is 24.1 Å². The summed E-state index contributed by atoms with van der Waals surface area (Å²) in [5.74, 6) is 0.175. The van der Waals surface area contributed by atoms with E-state index in [2.05, 4.69) is 15.3 Å². The number of benzene rings is 1. The summed E-state index contributed by atoms with van der Waals surface area (Å²) in [6.07, 6.45) is 2.13. The maximum atomic E-state index is 12.7. The minimum Gasteiger partial charge on any atom is -0.341 e. The summed E-state index contributed by atoms with van der Waals surface area (Å²) in [6, 6.07) is 7.75. The summed E-state index contributed by atoms with van der Waals surface area (Å²) < 4.78 is 1.92. The summed E-state index contributed by atoms with van der Waals surface area (Å²) in [4.78, 5) is 35.7. The van der Waals surface area contributed by atoms with E-state index in [4.69, 9.17) is 0 Å². The molecule has 2 amide bonds. The lowest BCUT2D eigenvalue weighted by Gasteiger charge is -2.16. The molecule has 1 fully saturated rings. The van der Waals surface area contributed by atoms with E-state index in [0.29, 0.717) is 10.3 Å². The Hall–Kier alpha value is -2.39. The molecule has 0 saturated carbocycles. The van der Waals surface area contributed by atoms with Crippen molar-refractivity contribution in [3.63, 3.8) is 0 Å². The fraction of sp³-hybridized carbons (Fsp3) is 0.368. The Morgan fingerprint density at radius 2 is 2.00 bits per heavy atom. The number of aryl methyl sites for hydroxylation is 1. The number of hydrogen-bond donors (Lipinski definition) is 1. The zero-order valence-electron chi connectivity index (χ0n) is 15.6. The molecule has 0 spiro atoms. The number of anilines is 1. The van der Waals surface area contributed by atoms with E-state index in [1.54, 1.807) is 0 Å². The van der Waals surface area contributed by atoms with Gasteiger partial charge in [0.2, 0.25) is 11.8 Å². The van der Waals surface area contributed by atoms with E-state index in [1.807, 2.05) is 46.0 Å². The molecule has 1 N–H and O–H groups in total. The Morgan fingerprint density at radius 1 is 1.21 bits per heavy atom. The van der Waals surface area contributed by atoms with Crippen LogP contribution < -0.4 is 5.32 Å². The average Bonchev–Trinajstić information content (AvgIpc) is 3.41. The first-order chi connectivity index (χ1) is 13.6. The molecule has 0 atom stereocenters. The van der Waals surface area contributed by atoms with Crippen LogP contribution in [-0.2, 0) is 16.1 Å². The van der Waals surface area contributed by atoms with E-state index < -0.39 is 0 Å². The lowest BCUT2D eigenvalue weighted by molar-refractivity contribution is -0.130. The number of aromatic nitrogens is 3. The van der Waals surface area contributed by atoms with E-state index in [1.165, 1.54) is 23.1 Å². The van der Waals surface area contributed by atoms with Gasteiger partial charge in [0.15, 0.2) is 10.3 Å². The number of thioether (sulfide) groups is 1. The van der Waals surface area contributed by atoms with Crippen molar-refractivity contribution in [2.24, 2.45) is 0 Å². The number of nitrogens with zero attached hydrogens (tertiary/aromatic N) is 4. The van der Waals surface area contributed by atoms with Crippen molar-refractivity contribution in [2.45, 2.75) is 31.5 Å². The Bertz CT molecular complexity index is 1010. The average molecular weight is 416 g/mol. The van der Waals surface area contributed by atoms with Gasteiger partial charge < -0.3 is 14.8 Å². The molecule has 1 aliphatic rings. The van der Waals surface area contributed by atoms with Crippen LogP contribution in [0.15, 0.2) is 34.8 Å². The number of imidazole rings is 1. The molecule has 1 saturated heterocycles. The smallest absolute Gasteiger partial charge is 0.242 e. The van der Waals surface area contributed by atoms with Gasteiger partial charge in [-0.05, 0) is 31.9 Å². The van der Waals surface area contributed by atoms with Crippen molar-refractivity contribution >= 4 is 51.1 Å². The number of fused-ring (bicyclic) bond motifs is 1. The van der Waals surface area contributed by atoms with Crippen molar-refractivity contribution in [3.8, 4) is 0 Å². The maximum Gasteiger partial charge on any atom is 0.242 e. The standard InChI is InChI=1S/C19H21N5O2S2/c1-13-11-27-18(20-13)22-16(25)12-28-19-21-14-6-2-3-7-15(14)24(19)10-17(26)23-8-4-5-9-23/h2-3,6-7,11H,4-5,8-10,12H2,1H3,(H,20,22,25). The molecule has 0 radical (unpaired) electrons. The third-order valence-electron chi connectivity index (χ3n) is 4.57. The molecule has 4 rings (SSSR count). The highest BCUT2D eigenvalue weighted by Gasteiger charge is 2.21. The second kappa shape index (κ2) is 8.32. The molecule has 3 heterocycles. The van der Waals surface area contributed by atoms with Gasteiger partial charge in [-0.25, -0.2) is 9.97 Å². The first kappa shape index (κ1) is 18.9. The van der Waals surface area contributed by atoms with Crippen molar-refractivity contribution in [2.75, 3.05) is 24.2 Å². The monoisotopic (exact) mass is 415 g/mol. The molecule has 0 unspecified atom stereocenters. The van der Waals surface area contributed by atoms with Crippen LogP contribution in [0.3, 0.4) is 0 Å². The zero-order valence-corrected chi connectivity index (χ0v) is 17.2. The van der Waals surface area contributed by atoms with Crippen LogP contribution in [0, 0.1) is 6.92 Å². The summed E-state index contributed by atoms with van der Waals surface area (Å²) >= 11 is 2.74. The van der Waals surface area contributed by atoms with Crippen LogP contribution in [0.25, 0.3) is 11.0 Å². The van der Waals surface area contributed by atoms with Crippen LogP contribution in [0.5, 0.6) is 0 Å². The highest BCUT2D eigenvalue weighted by atomic mass is 32.2. The van der Waals surface area contributed by atoms with Crippen LogP contribution in [0.1, 0.15) is 18.5 Å². The van der Waals surface area contributed by atoms with Crippen LogP contribution in [-0.4, -0.2) is 50.1 Å². The quantitative estimate of drug-likeness (QED) is 0.626. The lowest BCUT2D eigenvalue weighted by atomic mass is 10.3. The molecular formula is C19H21N5O2S2. The molecular weight excluding hydrogens is 394 g/mol. The summed E-state index contributed by atoms with van der Waals surface area (Å²) in [5.41, 5.74) is 2.62. The second-order valence-corrected chi connectivity index (χ2v) is 8.49. The largest absolute Gasteiger partial charge is 0.341 e. The van der Waals surface area contributed by atoms with Gasteiger partial charge in [-0.15, -0.1) is 11.3 Å². The Balaban J connectivity index is 1.49. The van der Waals surface area contributed by atoms with Crippen molar-refractivity contribution < 1.29 is 9.59 Å². The number of amides is 2. The SMILES string of the molecule is Cc1csc(NC(=O)CSc2nc3ccccc3n2CC(=O)N2CCCC2)n1. The molecule has 2 aromatic heterocycles. The van der Waals surface area contributed by atoms with Gasteiger partial charge in [-0.3, -0.25) is 9.59 Å². The highest BCUT2D eigenvalue weighted by Crippen LogP contribution is 2.25. The molecule has 9 heteroatoms. The molecule has 7 nitrogen and oxygen atoms in total. The van der Waals surface area contributed by atoms with Gasteiger partial charge in [0.05, 0.1) is 22.5 Å². The van der Waals surface area contributed by atoms with Gasteiger partial charge in [0.25, 0.3) is 0 Å². The first-order valence-corrected chi connectivity index (χ1v) is 11.0. The molecule has 0 aliphatic carbocycles. The normalized spacial score (nSPS) is 14.0. The number of carbonyl (C=O) groups excluding carboxylic acids is 2. The second-order valence-electron chi connectivity index (χ2n) is 6.69. The van der Waals surface area contributed by atoms with Gasteiger partial charge >= 0.3 is 0 Å². The summed E-state index contributed by atoms with van der Waals surface area (Å²) in [5, 5.41) is 5.98. The minimum absolute atomic E-state index is 0.102. The molecule has 146 valence electrons. The number of thiazole rings is 1. The predicted molar refractivity (Wildman–Crippen MR) is 112 cm³/mol. The highest BCUT2D eigenvalue weighted by molar-refractivity contribution is 7.99.